The average molecular weight is 295 g/mol. The fourth-order valence-electron chi connectivity index (χ4n) is 2.11. The zero-order valence-electron chi connectivity index (χ0n) is 11.6. The molecule has 0 fully saturated rings. The van der Waals surface area contributed by atoms with Crippen LogP contribution in [-0.4, -0.2) is 26.3 Å². The zero-order valence-corrected chi connectivity index (χ0v) is 11.6. The topological polar surface area (TPSA) is 103 Å². The number of primary amides is 1. The molecule has 7 heteroatoms. The fraction of sp³-hybridized carbons (Fsp3) is 0.0667. The Morgan fingerprint density at radius 1 is 1.14 bits per heavy atom. The molecule has 0 atom stereocenters. The number of nitrogens with zero attached hydrogens (tertiary/aromatic N) is 3. The Bertz CT molecular complexity index is 839. The molecule has 2 heterocycles. The number of benzene rings is 1. The van der Waals surface area contributed by atoms with Gasteiger partial charge in [0.05, 0.1) is 22.9 Å². The van der Waals surface area contributed by atoms with Gasteiger partial charge in [-0.05, 0) is 24.3 Å². The van der Waals surface area contributed by atoms with Crippen LogP contribution in [0.3, 0.4) is 0 Å². The van der Waals surface area contributed by atoms with E-state index in [0.29, 0.717) is 11.5 Å². The third-order valence-corrected chi connectivity index (χ3v) is 3.07. The number of amides is 2. The first-order valence-electron chi connectivity index (χ1n) is 6.60. The number of carbonyl (C=O) groups is 2. The highest BCUT2D eigenvalue weighted by Crippen LogP contribution is 2.17. The molecular weight excluding hydrogens is 282 g/mol. The molecule has 0 radical (unpaired) electrons. The number of hydrogen-bond donors (Lipinski definition) is 2. The first-order valence-corrected chi connectivity index (χ1v) is 6.60. The molecular formula is C15H13N5O2. The van der Waals surface area contributed by atoms with Crippen molar-refractivity contribution in [3.63, 3.8) is 0 Å². The number of anilines is 1. The van der Waals surface area contributed by atoms with Gasteiger partial charge >= 0.3 is 0 Å². The van der Waals surface area contributed by atoms with Crippen molar-refractivity contribution in [1.29, 1.82) is 0 Å². The van der Waals surface area contributed by atoms with Gasteiger partial charge in [0, 0.05) is 0 Å². The first kappa shape index (κ1) is 13.7. The minimum atomic E-state index is -0.674. The van der Waals surface area contributed by atoms with Crippen molar-refractivity contribution in [3.05, 3.63) is 48.9 Å². The molecule has 0 aliphatic carbocycles. The van der Waals surface area contributed by atoms with Crippen molar-refractivity contribution >= 4 is 28.5 Å². The van der Waals surface area contributed by atoms with Crippen LogP contribution in [0.5, 0.6) is 0 Å². The van der Waals surface area contributed by atoms with E-state index in [-0.39, 0.29) is 6.42 Å². The third-order valence-electron chi connectivity index (χ3n) is 3.07. The molecule has 0 saturated carbocycles. The predicted octanol–water partition coefficient (Wildman–Crippen LogP) is 1.23. The molecule has 7 nitrogen and oxygen atoms in total. The normalized spacial score (nSPS) is 10.5. The molecule has 2 aromatic heterocycles. The Balaban J connectivity index is 1.82. The molecule has 0 bridgehead atoms. The summed E-state index contributed by atoms with van der Waals surface area (Å²) < 4.78 is 1.85. The molecule has 3 N–H and O–H groups in total. The standard InChI is InChI=1S/C15H13N5O2/c16-13(21)7-15(22)19-10-5-6-14(17-8-10)20-9-18-11-3-1-2-4-12(11)20/h1-6,8-9H,7H2,(H2,16,21)(H,19,22). The summed E-state index contributed by atoms with van der Waals surface area (Å²) in [6.07, 6.45) is 2.86. The number of rotatable bonds is 4. The van der Waals surface area contributed by atoms with Crippen molar-refractivity contribution in [1.82, 2.24) is 14.5 Å². The Morgan fingerprint density at radius 2 is 1.95 bits per heavy atom. The summed E-state index contributed by atoms with van der Waals surface area (Å²) in [5.41, 5.74) is 7.28. The number of nitrogens with one attached hydrogen (secondary N) is 1. The highest BCUT2D eigenvalue weighted by atomic mass is 16.2. The second-order valence-electron chi connectivity index (χ2n) is 4.70. The number of pyridine rings is 1. The van der Waals surface area contributed by atoms with Crippen LogP contribution >= 0.6 is 0 Å². The number of carbonyl (C=O) groups excluding carboxylic acids is 2. The Morgan fingerprint density at radius 3 is 2.68 bits per heavy atom. The number of aromatic nitrogens is 3. The Hall–Kier alpha value is -3.22. The lowest BCUT2D eigenvalue weighted by atomic mass is 10.3. The van der Waals surface area contributed by atoms with Crippen LogP contribution in [0, 0.1) is 0 Å². The zero-order chi connectivity index (χ0) is 15.5. The van der Waals surface area contributed by atoms with Gasteiger partial charge in [0.1, 0.15) is 18.6 Å². The lowest BCUT2D eigenvalue weighted by molar-refractivity contribution is -0.124. The first-order chi connectivity index (χ1) is 10.6. The lowest BCUT2D eigenvalue weighted by Gasteiger charge is -2.06. The monoisotopic (exact) mass is 295 g/mol. The van der Waals surface area contributed by atoms with E-state index >= 15 is 0 Å². The molecule has 0 aliphatic heterocycles. The summed E-state index contributed by atoms with van der Waals surface area (Å²) in [5.74, 6) is -0.455. The van der Waals surface area contributed by atoms with E-state index in [0.717, 1.165) is 11.0 Å². The van der Waals surface area contributed by atoms with E-state index in [1.54, 1.807) is 18.5 Å². The van der Waals surface area contributed by atoms with Crippen molar-refractivity contribution < 1.29 is 9.59 Å². The predicted molar refractivity (Wildman–Crippen MR) is 81.3 cm³/mol. The maximum atomic E-state index is 11.5. The van der Waals surface area contributed by atoms with E-state index < -0.39 is 11.8 Å². The molecule has 0 saturated heterocycles. The van der Waals surface area contributed by atoms with Crippen LogP contribution in [0.1, 0.15) is 6.42 Å². The van der Waals surface area contributed by atoms with Gasteiger partial charge in [-0.2, -0.15) is 0 Å². The van der Waals surface area contributed by atoms with Gasteiger partial charge in [0.15, 0.2) is 0 Å². The molecule has 1 aromatic carbocycles. The van der Waals surface area contributed by atoms with Crippen LogP contribution in [-0.2, 0) is 9.59 Å². The number of fused-ring (bicyclic) bond motifs is 1. The SMILES string of the molecule is NC(=O)CC(=O)Nc1ccc(-n2cnc3ccccc32)nc1. The van der Waals surface area contributed by atoms with E-state index in [4.69, 9.17) is 5.73 Å². The maximum Gasteiger partial charge on any atom is 0.233 e. The number of imidazole rings is 1. The molecule has 22 heavy (non-hydrogen) atoms. The highest BCUT2D eigenvalue weighted by molar-refractivity contribution is 6.02. The van der Waals surface area contributed by atoms with E-state index in [9.17, 15) is 9.59 Å². The second kappa shape index (κ2) is 5.65. The van der Waals surface area contributed by atoms with Gasteiger partial charge in [-0.25, -0.2) is 9.97 Å². The number of para-hydroxylation sites is 2. The van der Waals surface area contributed by atoms with Gasteiger partial charge in [-0.1, -0.05) is 12.1 Å². The fourth-order valence-corrected chi connectivity index (χ4v) is 2.11. The van der Waals surface area contributed by atoms with E-state index in [2.05, 4.69) is 15.3 Å². The lowest BCUT2D eigenvalue weighted by Crippen LogP contribution is -2.21. The van der Waals surface area contributed by atoms with Crippen LogP contribution < -0.4 is 11.1 Å². The summed E-state index contributed by atoms with van der Waals surface area (Å²) in [4.78, 5) is 30.7. The second-order valence-corrected chi connectivity index (χ2v) is 4.70. The van der Waals surface area contributed by atoms with Gasteiger partial charge < -0.3 is 11.1 Å². The third kappa shape index (κ3) is 2.78. The molecule has 0 aliphatic rings. The summed E-state index contributed by atoms with van der Waals surface area (Å²) in [5, 5.41) is 2.56. The van der Waals surface area contributed by atoms with Crippen LogP contribution in [0.15, 0.2) is 48.9 Å². The van der Waals surface area contributed by atoms with Gasteiger partial charge in [-0.15, -0.1) is 0 Å². The summed E-state index contributed by atoms with van der Waals surface area (Å²) in [7, 11) is 0. The minimum Gasteiger partial charge on any atom is -0.369 e. The number of nitrogens with two attached hydrogens (primary N) is 1. The number of hydrogen-bond acceptors (Lipinski definition) is 4. The van der Waals surface area contributed by atoms with Gasteiger partial charge in [0.2, 0.25) is 11.8 Å². The quantitative estimate of drug-likeness (QED) is 0.706. The maximum absolute atomic E-state index is 11.5. The molecule has 0 spiro atoms. The Kier molecular flexibility index (Phi) is 3.53. The summed E-state index contributed by atoms with van der Waals surface area (Å²) in [6.45, 7) is 0. The molecule has 3 rings (SSSR count). The van der Waals surface area contributed by atoms with E-state index in [1.165, 1.54) is 6.20 Å². The smallest absolute Gasteiger partial charge is 0.233 e. The summed E-state index contributed by atoms with van der Waals surface area (Å²) >= 11 is 0. The highest BCUT2D eigenvalue weighted by Gasteiger charge is 2.08. The molecule has 3 aromatic rings. The van der Waals surface area contributed by atoms with Crippen LogP contribution in [0.25, 0.3) is 16.9 Å². The van der Waals surface area contributed by atoms with Crippen LogP contribution in [0.2, 0.25) is 0 Å². The largest absolute Gasteiger partial charge is 0.369 e. The molecule has 0 unspecified atom stereocenters. The van der Waals surface area contributed by atoms with Gasteiger partial charge in [-0.3, -0.25) is 14.2 Å². The van der Waals surface area contributed by atoms with Crippen LogP contribution in [0.4, 0.5) is 5.69 Å². The summed E-state index contributed by atoms with van der Waals surface area (Å²) in [6, 6.07) is 11.2. The van der Waals surface area contributed by atoms with Crippen molar-refractivity contribution in [2.24, 2.45) is 5.73 Å². The molecule has 2 amide bonds. The minimum absolute atomic E-state index is 0.353. The molecule has 110 valence electrons. The van der Waals surface area contributed by atoms with E-state index in [1.807, 2.05) is 28.8 Å². The Labute approximate surface area is 125 Å². The van der Waals surface area contributed by atoms with Gasteiger partial charge in [0.25, 0.3) is 0 Å². The van der Waals surface area contributed by atoms with Crippen molar-refractivity contribution in [2.75, 3.05) is 5.32 Å². The van der Waals surface area contributed by atoms with Crippen molar-refractivity contribution in [2.45, 2.75) is 6.42 Å². The average Bonchev–Trinajstić information content (AvgIpc) is 2.91. The van der Waals surface area contributed by atoms with Crippen molar-refractivity contribution in [3.8, 4) is 5.82 Å².